The quantitative estimate of drug-likeness (QED) is 0.252. The van der Waals surface area contributed by atoms with E-state index >= 15 is 0 Å². The maximum Gasteiger partial charge on any atom is 0.143 e. The predicted molar refractivity (Wildman–Crippen MR) is 149 cm³/mol. The normalized spacial score (nSPS) is 13.8. The molecule has 0 aliphatic heterocycles. The highest BCUT2D eigenvalue weighted by Crippen LogP contribution is 2.58. The molecule has 0 spiro atoms. The second-order valence-corrected chi connectivity index (χ2v) is 9.65. The van der Waals surface area contributed by atoms with E-state index in [4.69, 9.17) is 4.42 Å². The lowest BCUT2D eigenvalue weighted by molar-refractivity contribution is 0.671. The Balaban J connectivity index is 1.66. The van der Waals surface area contributed by atoms with Gasteiger partial charge in [0.15, 0.2) is 0 Å². The monoisotopic (exact) mass is 458 g/mol. The van der Waals surface area contributed by atoms with Crippen LogP contribution in [-0.2, 0) is 5.41 Å². The summed E-state index contributed by atoms with van der Waals surface area (Å²) in [6.45, 7) is 0. The van der Waals surface area contributed by atoms with Crippen LogP contribution < -0.4 is 0 Å². The summed E-state index contributed by atoms with van der Waals surface area (Å²) in [5.74, 6) is 0. The van der Waals surface area contributed by atoms with Crippen molar-refractivity contribution in [3.8, 4) is 11.1 Å². The fourth-order valence-electron chi connectivity index (χ4n) is 6.53. The van der Waals surface area contributed by atoms with Crippen LogP contribution in [0, 0.1) is 0 Å². The van der Waals surface area contributed by atoms with Gasteiger partial charge in [-0.05, 0) is 50.9 Å². The van der Waals surface area contributed by atoms with Crippen LogP contribution in [0.2, 0.25) is 0 Å². The summed E-state index contributed by atoms with van der Waals surface area (Å²) >= 11 is 0. The van der Waals surface area contributed by atoms with E-state index < -0.39 is 5.41 Å². The number of benzene rings is 6. The van der Waals surface area contributed by atoms with Gasteiger partial charge in [0.05, 0.1) is 5.41 Å². The van der Waals surface area contributed by atoms with Gasteiger partial charge in [0.2, 0.25) is 0 Å². The van der Waals surface area contributed by atoms with E-state index in [2.05, 4.69) is 127 Å². The van der Waals surface area contributed by atoms with E-state index in [0.29, 0.717) is 0 Å². The molecule has 0 fully saturated rings. The lowest BCUT2D eigenvalue weighted by Crippen LogP contribution is -2.28. The minimum Gasteiger partial charge on any atom is -0.455 e. The molecule has 0 atom stereocenters. The first-order valence-corrected chi connectivity index (χ1v) is 12.5. The summed E-state index contributed by atoms with van der Waals surface area (Å²) in [4.78, 5) is 0. The van der Waals surface area contributed by atoms with Crippen molar-refractivity contribution in [1.29, 1.82) is 0 Å². The van der Waals surface area contributed by atoms with Crippen molar-refractivity contribution in [2.75, 3.05) is 0 Å². The van der Waals surface area contributed by atoms with E-state index in [-0.39, 0.29) is 0 Å². The number of rotatable bonds is 2. The molecule has 1 aliphatic rings. The second-order valence-electron chi connectivity index (χ2n) is 9.65. The number of hydrogen-bond acceptors (Lipinski definition) is 1. The average molecular weight is 459 g/mol. The molecule has 0 unspecified atom stereocenters. The Morgan fingerprint density at radius 3 is 1.89 bits per heavy atom. The van der Waals surface area contributed by atoms with Gasteiger partial charge in [0, 0.05) is 16.2 Å². The lowest BCUT2D eigenvalue weighted by atomic mass is 9.66. The van der Waals surface area contributed by atoms with Crippen LogP contribution in [0.4, 0.5) is 0 Å². The molecular weight excluding hydrogens is 436 g/mol. The third-order valence-corrected chi connectivity index (χ3v) is 7.94. The van der Waals surface area contributed by atoms with E-state index in [1.807, 2.05) is 6.07 Å². The van der Waals surface area contributed by atoms with Crippen LogP contribution in [0.5, 0.6) is 0 Å². The van der Waals surface area contributed by atoms with Crippen molar-refractivity contribution < 1.29 is 4.42 Å². The number of hydrogen-bond donors (Lipinski definition) is 0. The van der Waals surface area contributed by atoms with Crippen molar-refractivity contribution in [3.63, 3.8) is 0 Å². The molecule has 1 aliphatic carbocycles. The Morgan fingerprint density at radius 1 is 0.472 bits per heavy atom. The van der Waals surface area contributed by atoms with Crippen molar-refractivity contribution >= 4 is 32.7 Å². The molecule has 0 amide bonds. The van der Waals surface area contributed by atoms with Gasteiger partial charge in [-0.1, -0.05) is 121 Å². The smallest absolute Gasteiger partial charge is 0.143 e. The third-order valence-electron chi connectivity index (χ3n) is 7.94. The first-order chi connectivity index (χ1) is 17.9. The Kier molecular flexibility index (Phi) is 3.93. The van der Waals surface area contributed by atoms with Crippen LogP contribution in [0.15, 0.2) is 138 Å². The highest BCUT2D eigenvalue weighted by molar-refractivity contribution is 6.18. The average Bonchev–Trinajstić information content (AvgIpc) is 3.48. The molecule has 168 valence electrons. The highest BCUT2D eigenvalue weighted by atomic mass is 16.3. The van der Waals surface area contributed by atoms with E-state index in [0.717, 1.165) is 21.9 Å². The molecule has 0 saturated carbocycles. The summed E-state index contributed by atoms with van der Waals surface area (Å²) in [6.07, 6.45) is 0. The molecule has 1 nitrogen and oxygen atoms in total. The predicted octanol–water partition coefficient (Wildman–Crippen LogP) is 9.10. The van der Waals surface area contributed by atoms with Gasteiger partial charge in [0.1, 0.15) is 11.2 Å². The summed E-state index contributed by atoms with van der Waals surface area (Å²) in [6, 6.07) is 48.2. The minimum absolute atomic E-state index is 0.457. The van der Waals surface area contributed by atoms with Crippen LogP contribution >= 0.6 is 0 Å². The molecule has 8 rings (SSSR count). The van der Waals surface area contributed by atoms with Gasteiger partial charge in [-0.25, -0.2) is 0 Å². The van der Waals surface area contributed by atoms with Gasteiger partial charge in [0.25, 0.3) is 0 Å². The Labute approximate surface area is 209 Å². The first-order valence-electron chi connectivity index (χ1n) is 12.5. The van der Waals surface area contributed by atoms with Gasteiger partial charge < -0.3 is 4.42 Å². The maximum atomic E-state index is 6.65. The zero-order chi connectivity index (χ0) is 23.7. The Bertz CT molecular complexity index is 1890. The Morgan fingerprint density at radius 2 is 1.11 bits per heavy atom. The minimum atomic E-state index is -0.457. The van der Waals surface area contributed by atoms with Gasteiger partial charge >= 0.3 is 0 Å². The number of furan rings is 1. The summed E-state index contributed by atoms with van der Waals surface area (Å²) in [5.41, 5.74) is 9.16. The van der Waals surface area contributed by atoms with E-state index in [9.17, 15) is 0 Å². The molecule has 0 radical (unpaired) electrons. The molecule has 1 aromatic heterocycles. The largest absolute Gasteiger partial charge is 0.455 e. The molecule has 0 bridgehead atoms. The lowest BCUT2D eigenvalue weighted by Gasteiger charge is -2.34. The zero-order valence-corrected chi connectivity index (χ0v) is 19.6. The molecule has 7 aromatic rings. The SMILES string of the molecule is c1ccc(C2(c3ccccc3)c3ccccc3-c3ccc4ccc5c6ccccc6oc5c4c32)cc1. The molecule has 0 saturated heterocycles. The van der Waals surface area contributed by atoms with Gasteiger partial charge in [-0.2, -0.15) is 0 Å². The van der Waals surface area contributed by atoms with E-state index in [1.54, 1.807) is 0 Å². The highest BCUT2D eigenvalue weighted by Gasteiger charge is 2.47. The van der Waals surface area contributed by atoms with Crippen molar-refractivity contribution in [3.05, 3.63) is 156 Å². The van der Waals surface area contributed by atoms with Crippen LogP contribution in [-0.4, -0.2) is 0 Å². The second kappa shape index (κ2) is 7.19. The molecule has 1 heterocycles. The zero-order valence-electron chi connectivity index (χ0n) is 19.6. The van der Waals surface area contributed by atoms with Gasteiger partial charge in [-0.3, -0.25) is 0 Å². The summed E-state index contributed by atoms with van der Waals surface area (Å²) < 4.78 is 6.65. The molecule has 6 aromatic carbocycles. The first kappa shape index (κ1) is 19.7. The number of para-hydroxylation sites is 1. The van der Waals surface area contributed by atoms with Crippen LogP contribution in [0.1, 0.15) is 22.3 Å². The van der Waals surface area contributed by atoms with Gasteiger partial charge in [-0.15, -0.1) is 0 Å². The fourth-order valence-corrected chi connectivity index (χ4v) is 6.53. The van der Waals surface area contributed by atoms with Crippen molar-refractivity contribution in [1.82, 2.24) is 0 Å². The van der Waals surface area contributed by atoms with Crippen LogP contribution in [0.3, 0.4) is 0 Å². The van der Waals surface area contributed by atoms with Crippen molar-refractivity contribution in [2.45, 2.75) is 5.41 Å². The standard InChI is InChI=1S/C35H22O/c1-3-11-24(12-4-1)35(25-13-5-2-6-14-25)30-17-9-7-15-26(30)28-21-19-23-20-22-29-27-16-8-10-18-31(27)36-34(29)32(23)33(28)35/h1-22H. The van der Waals surface area contributed by atoms with Crippen LogP contribution in [0.25, 0.3) is 43.8 Å². The molecule has 0 N–H and O–H groups in total. The van der Waals surface area contributed by atoms with E-state index in [1.165, 1.54) is 44.2 Å². The molecular formula is C35H22O. The topological polar surface area (TPSA) is 13.1 Å². The Hall–Kier alpha value is -4.62. The summed E-state index contributed by atoms with van der Waals surface area (Å²) in [7, 11) is 0. The number of fused-ring (bicyclic) bond motifs is 9. The molecule has 36 heavy (non-hydrogen) atoms. The maximum absolute atomic E-state index is 6.65. The molecule has 1 heteroatoms. The fraction of sp³-hybridized carbons (Fsp3) is 0.0286. The summed E-state index contributed by atoms with van der Waals surface area (Å²) in [5, 5.41) is 4.72. The third kappa shape index (κ3) is 2.40. The van der Waals surface area contributed by atoms with Crippen molar-refractivity contribution in [2.24, 2.45) is 0 Å².